The Morgan fingerprint density at radius 2 is 2.00 bits per heavy atom. The normalized spacial score (nSPS) is 41.7. The SMILES string of the molecule is CC1CCC(C)C(OI)C1. The molecule has 1 saturated carbocycles. The first-order valence-corrected chi connectivity index (χ1v) is 4.89. The fraction of sp³-hybridized carbons (Fsp3) is 1.00. The summed E-state index contributed by atoms with van der Waals surface area (Å²) >= 11 is 2.03. The Bertz CT molecular complexity index is 105. The Balaban J connectivity index is 2.38. The van der Waals surface area contributed by atoms with E-state index in [0.29, 0.717) is 6.10 Å². The minimum absolute atomic E-state index is 0.518. The van der Waals surface area contributed by atoms with E-state index in [2.05, 4.69) is 13.8 Å². The molecule has 0 saturated heterocycles. The van der Waals surface area contributed by atoms with Crippen molar-refractivity contribution in [3.63, 3.8) is 0 Å². The smallest absolute Gasteiger partial charge is 0.110 e. The summed E-state index contributed by atoms with van der Waals surface area (Å²) in [4.78, 5) is 0. The van der Waals surface area contributed by atoms with E-state index >= 15 is 0 Å². The van der Waals surface area contributed by atoms with E-state index < -0.39 is 0 Å². The van der Waals surface area contributed by atoms with Crippen LogP contribution in [-0.4, -0.2) is 6.10 Å². The van der Waals surface area contributed by atoms with Gasteiger partial charge in [-0.05, 0) is 24.7 Å². The zero-order chi connectivity index (χ0) is 7.56. The first-order valence-electron chi connectivity index (χ1n) is 4.01. The predicted octanol–water partition coefficient (Wildman–Crippen LogP) is 3.18. The highest BCUT2D eigenvalue weighted by Crippen LogP contribution is 2.31. The molecule has 0 spiro atoms. The maximum Gasteiger partial charge on any atom is 0.110 e. The Hall–Kier alpha value is 0.690. The first kappa shape index (κ1) is 8.78. The van der Waals surface area contributed by atoms with Gasteiger partial charge in [-0.2, -0.15) is 0 Å². The van der Waals surface area contributed by atoms with Crippen molar-refractivity contribution in [1.82, 2.24) is 0 Å². The van der Waals surface area contributed by atoms with Crippen LogP contribution in [0.15, 0.2) is 0 Å². The monoisotopic (exact) mass is 254 g/mol. The van der Waals surface area contributed by atoms with Crippen molar-refractivity contribution in [2.45, 2.75) is 39.2 Å². The molecule has 1 rings (SSSR count). The number of rotatable bonds is 1. The zero-order valence-corrected chi connectivity index (χ0v) is 8.80. The molecule has 1 nitrogen and oxygen atoms in total. The van der Waals surface area contributed by atoms with E-state index in [1.54, 1.807) is 0 Å². The molecule has 0 amide bonds. The molecule has 60 valence electrons. The molecular formula is C8H15IO. The van der Waals surface area contributed by atoms with Crippen LogP contribution in [0.25, 0.3) is 0 Å². The van der Waals surface area contributed by atoms with Gasteiger partial charge >= 0.3 is 0 Å². The predicted molar refractivity (Wildman–Crippen MR) is 51.1 cm³/mol. The number of hydrogen-bond acceptors (Lipinski definition) is 1. The molecule has 0 bridgehead atoms. The van der Waals surface area contributed by atoms with Crippen LogP contribution in [0, 0.1) is 11.8 Å². The van der Waals surface area contributed by atoms with Gasteiger partial charge in [0.05, 0.1) is 6.10 Å². The fourth-order valence-electron chi connectivity index (χ4n) is 1.60. The van der Waals surface area contributed by atoms with E-state index in [1.165, 1.54) is 19.3 Å². The van der Waals surface area contributed by atoms with Crippen molar-refractivity contribution in [3.05, 3.63) is 0 Å². The topological polar surface area (TPSA) is 9.23 Å². The van der Waals surface area contributed by atoms with E-state index in [0.717, 1.165) is 11.8 Å². The highest BCUT2D eigenvalue weighted by molar-refractivity contribution is 14.1. The lowest BCUT2D eigenvalue weighted by atomic mass is 9.82. The second kappa shape index (κ2) is 3.90. The van der Waals surface area contributed by atoms with Gasteiger partial charge in [-0.3, -0.25) is 0 Å². The highest BCUT2D eigenvalue weighted by atomic mass is 127. The minimum atomic E-state index is 0.518. The highest BCUT2D eigenvalue weighted by Gasteiger charge is 2.25. The third kappa shape index (κ3) is 2.09. The Kier molecular flexibility index (Phi) is 3.43. The maximum atomic E-state index is 5.34. The zero-order valence-electron chi connectivity index (χ0n) is 6.64. The third-order valence-corrected chi connectivity index (χ3v) is 3.15. The summed E-state index contributed by atoms with van der Waals surface area (Å²) in [7, 11) is 0. The van der Waals surface area contributed by atoms with Gasteiger partial charge in [-0.25, -0.2) is 0 Å². The molecule has 0 heterocycles. The summed E-state index contributed by atoms with van der Waals surface area (Å²) in [5, 5.41) is 0. The second-order valence-electron chi connectivity index (χ2n) is 3.52. The van der Waals surface area contributed by atoms with Crippen molar-refractivity contribution >= 4 is 23.0 Å². The summed E-state index contributed by atoms with van der Waals surface area (Å²) in [6.07, 6.45) is 4.50. The van der Waals surface area contributed by atoms with Gasteiger partial charge < -0.3 is 3.07 Å². The lowest BCUT2D eigenvalue weighted by Gasteiger charge is -2.30. The molecule has 3 unspecified atom stereocenters. The van der Waals surface area contributed by atoms with Crippen molar-refractivity contribution in [2.75, 3.05) is 0 Å². The number of hydrogen-bond donors (Lipinski definition) is 0. The summed E-state index contributed by atoms with van der Waals surface area (Å²) in [5.41, 5.74) is 0. The van der Waals surface area contributed by atoms with Crippen LogP contribution in [0.4, 0.5) is 0 Å². The molecule has 0 N–H and O–H groups in total. The molecule has 0 radical (unpaired) electrons. The second-order valence-corrected chi connectivity index (χ2v) is 4.03. The van der Waals surface area contributed by atoms with Crippen LogP contribution in [0.5, 0.6) is 0 Å². The Morgan fingerprint density at radius 1 is 1.30 bits per heavy atom. The molecule has 1 fully saturated rings. The lowest BCUT2D eigenvalue weighted by Crippen LogP contribution is -2.26. The largest absolute Gasteiger partial charge is 0.312 e. The van der Waals surface area contributed by atoms with Gasteiger partial charge in [0.25, 0.3) is 0 Å². The summed E-state index contributed by atoms with van der Waals surface area (Å²) in [6.45, 7) is 4.60. The van der Waals surface area contributed by atoms with Crippen LogP contribution >= 0.6 is 23.0 Å². The summed E-state index contributed by atoms with van der Waals surface area (Å²) < 4.78 is 5.34. The fourth-order valence-corrected chi connectivity index (χ4v) is 2.31. The maximum absolute atomic E-state index is 5.34. The van der Waals surface area contributed by atoms with Crippen LogP contribution < -0.4 is 0 Å². The van der Waals surface area contributed by atoms with Gasteiger partial charge in [0.1, 0.15) is 23.0 Å². The molecule has 0 aliphatic heterocycles. The molecule has 2 heteroatoms. The van der Waals surface area contributed by atoms with E-state index in [9.17, 15) is 0 Å². The van der Waals surface area contributed by atoms with Crippen LogP contribution in [0.2, 0.25) is 0 Å². The molecule has 1 aliphatic rings. The Morgan fingerprint density at radius 3 is 2.50 bits per heavy atom. The van der Waals surface area contributed by atoms with Crippen LogP contribution in [0.3, 0.4) is 0 Å². The van der Waals surface area contributed by atoms with E-state index in [4.69, 9.17) is 3.07 Å². The van der Waals surface area contributed by atoms with Crippen molar-refractivity contribution < 1.29 is 3.07 Å². The average molecular weight is 254 g/mol. The van der Waals surface area contributed by atoms with Crippen LogP contribution in [-0.2, 0) is 3.07 Å². The molecule has 3 atom stereocenters. The quantitative estimate of drug-likeness (QED) is 0.653. The summed E-state index contributed by atoms with van der Waals surface area (Å²) in [6, 6.07) is 0. The Labute approximate surface area is 77.2 Å². The van der Waals surface area contributed by atoms with Crippen molar-refractivity contribution in [3.8, 4) is 0 Å². The molecule has 10 heavy (non-hydrogen) atoms. The van der Waals surface area contributed by atoms with Gasteiger partial charge in [-0.1, -0.05) is 20.3 Å². The molecular weight excluding hydrogens is 239 g/mol. The van der Waals surface area contributed by atoms with Gasteiger partial charge in [0.2, 0.25) is 0 Å². The van der Waals surface area contributed by atoms with Gasteiger partial charge in [-0.15, -0.1) is 0 Å². The first-order chi connectivity index (χ1) is 4.74. The van der Waals surface area contributed by atoms with E-state index in [-0.39, 0.29) is 0 Å². The van der Waals surface area contributed by atoms with Crippen molar-refractivity contribution in [1.29, 1.82) is 0 Å². The van der Waals surface area contributed by atoms with Crippen molar-refractivity contribution in [2.24, 2.45) is 11.8 Å². The van der Waals surface area contributed by atoms with Gasteiger partial charge in [0, 0.05) is 0 Å². The molecule has 1 aliphatic carbocycles. The average Bonchev–Trinajstić information content (AvgIpc) is 1.94. The standard InChI is InChI=1S/C8H15IO/c1-6-3-4-7(2)8(5-6)10-9/h6-8H,3-5H2,1-2H3. The van der Waals surface area contributed by atoms with E-state index in [1.807, 2.05) is 23.0 Å². The molecule has 0 aromatic carbocycles. The molecule has 0 aromatic rings. The van der Waals surface area contributed by atoms with Crippen LogP contribution in [0.1, 0.15) is 33.1 Å². The number of halogens is 1. The lowest BCUT2D eigenvalue weighted by molar-refractivity contribution is 0.120. The van der Waals surface area contributed by atoms with Gasteiger partial charge in [0.15, 0.2) is 0 Å². The molecule has 0 aromatic heterocycles. The summed E-state index contributed by atoms with van der Waals surface area (Å²) in [5.74, 6) is 1.64. The minimum Gasteiger partial charge on any atom is -0.312 e. The third-order valence-electron chi connectivity index (χ3n) is 2.50.